The Kier molecular flexibility index (Phi) is 8.07. The molecule has 34 heavy (non-hydrogen) atoms. The predicted octanol–water partition coefficient (Wildman–Crippen LogP) is 4.36. The molecule has 1 fully saturated rings. The van der Waals surface area contributed by atoms with Gasteiger partial charge in [0.25, 0.3) is 0 Å². The number of carbonyl (C=O) groups is 1. The maximum atomic E-state index is 13.9. The van der Waals surface area contributed by atoms with Gasteiger partial charge < -0.3 is 20.4 Å². The van der Waals surface area contributed by atoms with E-state index in [1.807, 2.05) is 12.1 Å². The van der Waals surface area contributed by atoms with Gasteiger partial charge in [-0.05, 0) is 61.0 Å². The molecule has 9 heteroatoms. The van der Waals surface area contributed by atoms with Crippen LogP contribution in [-0.4, -0.2) is 65.4 Å². The Bertz CT molecular complexity index is 1200. The third kappa shape index (κ3) is 5.89. The zero-order valence-electron chi connectivity index (χ0n) is 19.2. The number of rotatable bonds is 8. The lowest BCUT2D eigenvalue weighted by molar-refractivity contribution is -0.111. The number of alkyl halides is 1. The molecule has 2 N–H and O–H groups in total. The van der Waals surface area contributed by atoms with Gasteiger partial charge in [-0.15, -0.1) is 0 Å². The molecular formula is C25H28FIN6O. The van der Waals surface area contributed by atoms with E-state index < -0.39 is 0 Å². The number of likely N-dealkylation sites (N-methyl/N-ethyl adjacent to an activating group) is 1. The summed E-state index contributed by atoms with van der Waals surface area (Å²) in [5.41, 5.74) is 3.87. The zero-order chi connectivity index (χ0) is 24.1. The molecule has 0 saturated carbocycles. The van der Waals surface area contributed by atoms with Crippen molar-refractivity contribution in [3.63, 3.8) is 0 Å². The van der Waals surface area contributed by atoms with Crippen LogP contribution >= 0.6 is 22.6 Å². The van der Waals surface area contributed by atoms with E-state index >= 15 is 0 Å². The summed E-state index contributed by atoms with van der Waals surface area (Å²) in [6.45, 7) is 8.67. The topological polar surface area (TPSA) is 73.4 Å². The Hall–Kier alpha value is -2.63. The number of benzene rings is 2. The molecule has 7 nitrogen and oxygen atoms in total. The van der Waals surface area contributed by atoms with Gasteiger partial charge in [-0.25, -0.2) is 14.4 Å². The molecule has 1 aliphatic heterocycles. The molecule has 1 saturated heterocycles. The fourth-order valence-electron chi connectivity index (χ4n) is 3.99. The number of fused-ring (bicyclic) bond motifs is 1. The molecule has 4 rings (SSSR count). The first-order valence-electron chi connectivity index (χ1n) is 11.2. The van der Waals surface area contributed by atoms with Crippen molar-refractivity contribution in [2.75, 3.05) is 50.4 Å². The van der Waals surface area contributed by atoms with Gasteiger partial charge in [0.2, 0.25) is 5.91 Å². The summed E-state index contributed by atoms with van der Waals surface area (Å²) < 4.78 is 14.5. The van der Waals surface area contributed by atoms with E-state index in [0.717, 1.165) is 67.0 Å². The molecule has 0 spiro atoms. The van der Waals surface area contributed by atoms with Gasteiger partial charge in [0.05, 0.1) is 5.52 Å². The first-order valence-corrected chi connectivity index (χ1v) is 12.7. The predicted molar refractivity (Wildman–Crippen MR) is 143 cm³/mol. The van der Waals surface area contributed by atoms with Gasteiger partial charge in [-0.3, -0.25) is 4.79 Å². The highest BCUT2D eigenvalue weighted by Crippen LogP contribution is 2.30. The van der Waals surface area contributed by atoms with Crippen LogP contribution in [-0.2, 0) is 15.6 Å². The van der Waals surface area contributed by atoms with Crippen molar-refractivity contribution in [3.8, 4) is 0 Å². The van der Waals surface area contributed by atoms with Gasteiger partial charge in [0.1, 0.15) is 18.0 Å². The summed E-state index contributed by atoms with van der Waals surface area (Å²) in [5.74, 6) is 0.0967. The number of nitrogens with one attached hydrogen (secondary N) is 2. The monoisotopic (exact) mass is 574 g/mol. The Balaban J connectivity index is 1.64. The summed E-state index contributed by atoms with van der Waals surface area (Å²) in [6, 6.07) is 8.83. The Morgan fingerprint density at radius 3 is 2.71 bits per heavy atom. The standard InChI is InChI=1S/C25H28FIN6O/c1-3-24(34)31-22-14-20-23(13-17(22)6-7-33-10-8-32(2)9-11-33)28-16-29-25(20)30-19-4-5-21(26)18(12-19)15-27/h3-5,12-14,16H,1,6-11,15H2,2H3,(H,31,34)(H,28,29,30). The second-order valence-corrected chi connectivity index (χ2v) is 9.16. The van der Waals surface area contributed by atoms with Crippen LogP contribution in [0.4, 0.5) is 21.6 Å². The molecule has 1 aliphatic rings. The molecule has 178 valence electrons. The minimum absolute atomic E-state index is 0.230. The number of hydrogen-bond donors (Lipinski definition) is 2. The lowest BCUT2D eigenvalue weighted by atomic mass is 10.0. The van der Waals surface area contributed by atoms with Gasteiger partial charge in [-0.1, -0.05) is 29.2 Å². The van der Waals surface area contributed by atoms with Crippen LogP contribution in [0, 0.1) is 5.82 Å². The van der Waals surface area contributed by atoms with Gasteiger partial charge in [0.15, 0.2) is 0 Å². The van der Waals surface area contributed by atoms with Crippen LogP contribution in [0.15, 0.2) is 49.3 Å². The number of piperazine rings is 1. The summed E-state index contributed by atoms with van der Waals surface area (Å²) >= 11 is 2.14. The minimum atomic E-state index is -0.267. The van der Waals surface area contributed by atoms with Crippen LogP contribution in [0.25, 0.3) is 10.9 Å². The third-order valence-electron chi connectivity index (χ3n) is 6.05. The average Bonchev–Trinajstić information content (AvgIpc) is 2.85. The van der Waals surface area contributed by atoms with Gasteiger partial charge >= 0.3 is 0 Å². The van der Waals surface area contributed by atoms with E-state index in [4.69, 9.17) is 0 Å². The largest absolute Gasteiger partial charge is 0.340 e. The van der Waals surface area contributed by atoms with Crippen LogP contribution in [0.5, 0.6) is 0 Å². The molecule has 0 aliphatic carbocycles. The first-order chi connectivity index (χ1) is 16.5. The minimum Gasteiger partial charge on any atom is -0.340 e. The second kappa shape index (κ2) is 11.2. The molecule has 1 aromatic heterocycles. The summed E-state index contributed by atoms with van der Waals surface area (Å²) in [7, 11) is 2.14. The van der Waals surface area contributed by atoms with Crippen molar-refractivity contribution in [1.82, 2.24) is 19.8 Å². The number of aromatic nitrogens is 2. The SMILES string of the molecule is C=CC(=O)Nc1cc2c(Nc3ccc(F)c(CI)c3)ncnc2cc1CCN1CCN(C)CC1. The summed E-state index contributed by atoms with van der Waals surface area (Å²) in [5, 5.41) is 7.00. The number of carbonyl (C=O) groups excluding carboxylic acids is 1. The molecule has 1 amide bonds. The highest BCUT2D eigenvalue weighted by molar-refractivity contribution is 14.1. The van der Waals surface area contributed by atoms with E-state index in [0.29, 0.717) is 15.8 Å². The molecule has 3 aromatic rings. The van der Waals surface area contributed by atoms with E-state index in [9.17, 15) is 9.18 Å². The first kappa shape index (κ1) is 24.5. The molecule has 2 aromatic carbocycles. The highest BCUT2D eigenvalue weighted by Gasteiger charge is 2.16. The van der Waals surface area contributed by atoms with Gasteiger partial charge in [0, 0.05) is 53.9 Å². The zero-order valence-corrected chi connectivity index (χ0v) is 21.3. The number of amides is 1. The smallest absolute Gasteiger partial charge is 0.247 e. The van der Waals surface area contributed by atoms with Crippen LogP contribution < -0.4 is 10.6 Å². The van der Waals surface area contributed by atoms with Crippen LogP contribution in [0.1, 0.15) is 11.1 Å². The lowest BCUT2D eigenvalue weighted by Gasteiger charge is -2.32. The van der Waals surface area contributed by atoms with E-state index in [2.05, 4.69) is 66.6 Å². The van der Waals surface area contributed by atoms with E-state index in [1.54, 1.807) is 12.1 Å². The Morgan fingerprint density at radius 2 is 1.97 bits per heavy atom. The van der Waals surface area contributed by atoms with Crippen LogP contribution in [0.3, 0.4) is 0 Å². The van der Waals surface area contributed by atoms with Crippen molar-refractivity contribution in [1.29, 1.82) is 0 Å². The number of anilines is 3. The van der Waals surface area contributed by atoms with E-state index in [1.165, 1.54) is 18.5 Å². The van der Waals surface area contributed by atoms with Crippen molar-refractivity contribution < 1.29 is 9.18 Å². The van der Waals surface area contributed by atoms with Crippen molar-refractivity contribution >= 4 is 56.6 Å². The maximum Gasteiger partial charge on any atom is 0.247 e. The maximum absolute atomic E-state index is 13.9. The molecule has 0 unspecified atom stereocenters. The molecule has 0 atom stereocenters. The Labute approximate surface area is 212 Å². The van der Waals surface area contributed by atoms with E-state index in [-0.39, 0.29) is 11.7 Å². The Morgan fingerprint density at radius 1 is 1.18 bits per heavy atom. The number of halogens is 2. The van der Waals surface area contributed by atoms with Crippen molar-refractivity contribution in [2.24, 2.45) is 0 Å². The molecule has 0 radical (unpaired) electrons. The van der Waals surface area contributed by atoms with Gasteiger partial charge in [-0.2, -0.15) is 0 Å². The average molecular weight is 574 g/mol. The lowest BCUT2D eigenvalue weighted by Crippen LogP contribution is -2.45. The summed E-state index contributed by atoms with van der Waals surface area (Å²) in [4.78, 5) is 25.8. The molecule has 0 bridgehead atoms. The molecular weight excluding hydrogens is 546 g/mol. The number of nitrogens with zero attached hydrogens (tertiary/aromatic N) is 4. The number of hydrogen-bond acceptors (Lipinski definition) is 6. The quantitative estimate of drug-likeness (QED) is 0.237. The fraction of sp³-hybridized carbons (Fsp3) is 0.320. The second-order valence-electron chi connectivity index (χ2n) is 8.40. The van der Waals surface area contributed by atoms with Crippen LogP contribution in [0.2, 0.25) is 0 Å². The van der Waals surface area contributed by atoms with Crippen molar-refractivity contribution in [2.45, 2.75) is 10.8 Å². The van der Waals surface area contributed by atoms with Crippen molar-refractivity contribution in [3.05, 3.63) is 66.3 Å². The fourth-order valence-corrected chi connectivity index (χ4v) is 4.58. The summed E-state index contributed by atoms with van der Waals surface area (Å²) in [6.07, 6.45) is 3.56. The third-order valence-corrected chi connectivity index (χ3v) is 6.87. The molecule has 2 heterocycles. The highest BCUT2D eigenvalue weighted by atomic mass is 127. The normalized spacial score (nSPS) is 14.8.